The summed E-state index contributed by atoms with van der Waals surface area (Å²) in [7, 11) is 3.01. The van der Waals surface area contributed by atoms with E-state index in [-0.39, 0.29) is 5.97 Å². The molecule has 4 nitrogen and oxygen atoms in total. The number of aliphatic hydroxyl groups is 1. The minimum absolute atomic E-state index is 0.307. The average molecular weight is 266 g/mol. The maximum absolute atomic E-state index is 12.3. The fourth-order valence-corrected chi connectivity index (χ4v) is 3.50. The lowest BCUT2D eigenvalue weighted by atomic mass is 9.59. The van der Waals surface area contributed by atoms with Gasteiger partial charge in [-0.05, 0) is 37.8 Å². The Morgan fingerprint density at radius 1 is 1.47 bits per heavy atom. The number of carbonyl (C=O) groups is 1. The van der Waals surface area contributed by atoms with Crippen LogP contribution in [0.5, 0.6) is 0 Å². The van der Waals surface area contributed by atoms with Crippen molar-refractivity contribution in [3.05, 3.63) is 24.0 Å². The number of hydrogen-bond donors (Lipinski definition) is 1. The van der Waals surface area contributed by atoms with Gasteiger partial charge in [-0.3, -0.25) is 4.79 Å². The van der Waals surface area contributed by atoms with Crippen LogP contribution in [0.4, 0.5) is 0 Å². The highest BCUT2D eigenvalue weighted by molar-refractivity contribution is 5.79. The van der Waals surface area contributed by atoms with Crippen LogP contribution in [0.2, 0.25) is 0 Å². The van der Waals surface area contributed by atoms with Crippen LogP contribution in [0, 0.1) is 10.8 Å². The maximum Gasteiger partial charge on any atom is 0.315 e. The molecule has 0 aromatic rings. The number of carbonyl (C=O) groups excluding carboxylic acids is 1. The SMILES string of the molecule is COC(=O)[C@@]1([C@@]2(C)C=CC(OC)=CC2)CCC[C@@H]1O. The van der Waals surface area contributed by atoms with Crippen LogP contribution >= 0.6 is 0 Å². The molecule has 1 fully saturated rings. The van der Waals surface area contributed by atoms with E-state index in [2.05, 4.69) is 0 Å². The van der Waals surface area contributed by atoms with Gasteiger partial charge in [-0.2, -0.15) is 0 Å². The number of ether oxygens (including phenoxy) is 2. The van der Waals surface area contributed by atoms with Gasteiger partial charge in [0.15, 0.2) is 0 Å². The minimum atomic E-state index is -0.839. The molecular formula is C15H22O4. The molecule has 0 amide bonds. The molecule has 2 rings (SSSR count). The lowest BCUT2D eigenvalue weighted by molar-refractivity contribution is -0.168. The quantitative estimate of drug-likeness (QED) is 0.796. The summed E-state index contributed by atoms with van der Waals surface area (Å²) in [5.41, 5.74) is -1.27. The predicted molar refractivity (Wildman–Crippen MR) is 71.3 cm³/mol. The number of hydrogen-bond acceptors (Lipinski definition) is 4. The van der Waals surface area contributed by atoms with Crippen molar-refractivity contribution in [3.8, 4) is 0 Å². The summed E-state index contributed by atoms with van der Waals surface area (Å²) < 4.78 is 10.2. The predicted octanol–water partition coefficient (Wildman–Crippen LogP) is 2.19. The second kappa shape index (κ2) is 5.00. The summed E-state index contributed by atoms with van der Waals surface area (Å²) in [6.07, 6.45) is 8.01. The first-order valence-electron chi connectivity index (χ1n) is 6.70. The van der Waals surface area contributed by atoms with E-state index >= 15 is 0 Å². The summed E-state index contributed by atoms with van der Waals surface area (Å²) in [4.78, 5) is 12.3. The van der Waals surface area contributed by atoms with E-state index in [0.29, 0.717) is 19.3 Å². The molecule has 0 aromatic carbocycles. The smallest absolute Gasteiger partial charge is 0.315 e. The lowest BCUT2D eigenvalue weighted by Crippen LogP contribution is -2.51. The third-order valence-electron chi connectivity index (χ3n) is 4.76. The molecule has 4 heteroatoms. The van der Waals surface area contributed by atoms with Gasteiger partial charge in [0.25, 0.3) is 0 Å². The van der Waals surface area contributed by atoms with Crippen LogP contribution < -0.4 is 0 Å². The molecule has 1 saturated carbocycles. The highest BCUT2D eigenvalue weighted by Gasteiger charge is 2.59. The second-order valence-electron chi connectivity index (χ2n) is 5.64. The Hall–Kier alpha value is -1.29. The highest BCUT2D eigenvalue weighted by Crippen LogP contribution is 2.56. The molecule has 2 aliphatic carbocycles. The Labute approximate surface area is 114 Å². The number of allylic oxidation sites excluding steroid dienone is 3. The standard InChI is InChI=1S/C15H22O4/c1-14(9-6-11(18-2)7-10-14)15(13(17)19-3)8-4-5-12(15)16/h6-7,9,12,16H,4-5,8,10H2,1-3H3/t12-,14-,15+/m0/s1. The zero-order valence-corrected chi connectivity index (χ0v) is 11.8. The van der Waals surface area contributed by atoms with Crippen LogP contribution in [0.25, 0.3) is 0 Å². The molecule has 0 aromatic heterocycles. The second-order valence-corrected chi connectivity index (χ2v) is 5.64. The molecule has 106 valence electrons. The zero-order chi connectivity index (χ0) is 14.1. The summed E-state index contributed by atoms with van der Waals surface area (Å²) in [5.74, 6) is 0.490. The monoisotopic (exact) mass is 266 g/mol. The Morgan fingerprint density at radius 3 is 2.63 bits per heavy atom. The van der Waals surface area contributed by atoms with E-state index < -0.39 is 16.9 Å². The molecule has 0 unspecified atom stereocenters. The molecule has 0 saturated heterocycles. The van der Waals surface area contributed by atoms with Gasteiger partial charge in [0.2, 0.25) is 0 Å². The van der Waals surface area contributed by atoms with Crippen molar-refractivity contribution in [1.82, 2.24) is 0 Å². The third-order valence-corrected chi connectivity index (χ3v) is 4.76. The summed E-state index contributed by atoms with van der Waals surface area (Å²) in [5, 5.41) is 10.4. The fraction of sp³-hybridized carbons (Fsp3) is 0.667. The summed E-state index contributed by atoms with van der Waals surface area (Å²) >= 11 is 0. The van der Waals surface area contributed by atoms with E-state index in [0.717, 1.165) is 12.2 Å². The first kappa shape index (κ1) is 14.1. The fourth-order valence-electron chi connectivity index (χ4n) is 3.50. The topological polar surface area (TPSA) is 55.8 Å². The van der Waals surface area contributed by atoms with Crippen molar-refractivity contribution in [3.63, 3.8) is 0 Å². The average Bonchev–Trinajstić information content (AvgIpc) is 2.82. The zero-order valence-electron chi connectivity index (χ0n) is 11.8. The molecular weight excluding hydrogens is 244 g/mol. The van der Waals surface area contributed by atoms with Crippen molar-refractivity contribution < 1.29 is 19.4 Å². The van der Waals surface area contributed by atoms with Crippen LogP contribution in [-0.2, 0) is 14.3 Å². The largest absolute Gasteiger partial charge is 0.497 e. The molecule has 19 heavy (non-hydrogen) atoms. The van der Waals surface area contributed by atoms with Gasteiger partial charge < -0.3 is 14.6 Å². The Balaban J connectivity index is 2.38. The van der Waals surface area contributed by atoms with Gasteiger partial charge in [-0.25, -0.2) is 0 Å². The minimum Gasteiger partial charge on any atom is -0.497 e. The summed E-state index contributed by atoms with van der Waals surface area (Å²) in [6.45, 7) is 2.01. The molecule has 0 bridgehead atoms. The third kappa shape index (κ3) is 1.98. The van der Waals surface area contributed by atoms with Gasteiger partial charge in [0.1, 0.15) is 11.2 Å². The van der Waals surface area contributed by atoms with Crippen LogP contribution in [0.15, 0.2) is 24.0 Å². The van der Waals surface area contributed by atoms with E-state index in [1.807, 2.05) is 25.2 Å². The van der Waals surface area contributed by atoms with Gasteiger partial charge in [-0.15, -0.1) is 0 Å². The van der Waals surface area contributed by atoms with Crippen molar-refractivity contribution in [1.29, 1.82) is 0 Å². The maximum atomic E-state index is 12.3. The Bertz CT molecular complexity index is 426. The van der Waals surface area contributed by atoms with Crippen molar-refractivity contribution in [2.24, 2.45) is 10.8 Å². The first-order chi connectivity index (χ1) is 9.00. The van der Waals surface area contributed by atoms with Crippen molar-refractivity contribution in [2.75, 3.05) is 14.2 Å². The van der Waals surface area contributed by atoms with Crippen LogP contribution in [-0.4, -0.2) is 31.4 Å². The molecule has 0 radical (unpaired) electrons. The van der Waals surface area contributed by atoms with E-state index in [9.17, 15) is 9.90 Å². The van der Waals surface area contributed by atoms with Crippen molar-refractivity contribution >= 4 is 5.97 Å². The lowest BCUT2D eigenvalue weighted by Gasteiger charge is -2.45. The molecule has 2 aliphatic rings. The first-order valence-corrected chi connectivity index (χ1v) is 6.70. The number of rotatable bonds is 3. The van der Waals surface area contributed by atoms with E-state index in [4.69, 9.17) is 9.47 Å². The van der Waals surface area contributed by atoms with E-state index in [1.165, 1.54) is 7.11 Å². The Morgan fingerprint density at radius 2 is 2.21 bits per heavy atom. The van der Waals surface area contributed by atoms with Gasteiger partial charge in [-0.1, -0.05) is 13.0 Å². The molecule has 3 atom stereocenters. The van der Waals surface area contributed by atoms with E-state index in [1.54, 1.807) is 7.11 Å². The van der Waals surface area contributed by atoms with Crippen molar-refractivity contribution in [2.45, 2.75) is 38.7 Å². The molecule has 0 heterocycles. The Kier molecular flexibility index (Phi) is 3.72. The molecule has 0 spiro atoms. The van der Waals surface area contributed by atoms with Crippen LogP contribution in [0.1, 0.15) is 32.6 Å². The van der Waals surface area contributed by atoms with Gasteiger partial charge in [0, 0.05) is 5.41 Å². The number of methoxy groups -OCH3 is 2. The number of esters is 1. The van der Waals surface area contributed by atoms with Crippen LogP contribution in [0.3, 0.4) is 0 Å². The molecule has 0 aliphatic heterocycles. The highest BCUT2D eigenvalue weighted by atomic mass is 16.5. The van der Waals surface area contributed by atoms with Gasteiger partial charge >= 0.3 is 5.97 Å². The van der Waals surface area contributed by atoms with Gasteiger partial charge in [0.05, 0.1) is 20.3 Å². The molecule has 1 N–H and O–H groups in total. The number of aliphatic hydroxyl groups excluding tert-OH is 1. The normalized spacial score (nSPS) is 37.9. The summed E-state index contributed by atoms with van der Waals surface area (Å²) in [6, 6.07) is 0.